The first-order valence-corrected chi connectivity index (χ1v) is 4.73. The fourth-order valence-corrected chi connectivity index (χ4v) is 1.51. The molecule has 0 radical (unpaired) electrons. The van der Waals surface area contributed by atoms with Crippen molar-refractivity contribution in [3.8, 4) is 0 Å². The molecule has 0 heterocycles. The lowest BCUT2D eigenvalue weighted by Gasteiger charge is -2.14. The van der Waals surface area contributed by atoms with Crippen LogP contribution in [-0.4, -0.2) is 11.7 Å². The van der Waals surface area contributed by atoms with E-state index in [4.69, 9.17) is 10.8 Å². The fourth-order valence-electron chi connectivity index (χ4n) is 1.51. The van der Waals surface area contributed by atoms with E-state index >= 15 is 0 Å². The smallest absolute Gasteiger partial charge is 0.0449 e. The Labute approximate surface area is 79.4 Å². The molecule has 1 rings (SSSR count). The van der Waals surface area contributed by atoms with E-state index in [1.165, 1.54) is 11.1 Å². The Morgan fingerprint density at radius 2 is 2.08 bits per heavy atom. The molecule has 0 aromatic heterocycles. The topological polar surface area (TPSA) is 46.2 Å². The zero-order valence-corrected chi connectivity index (χ0v) is 8.03. The van der Waals surface area contributed by atoms with Crippen LogP contribution < -0.4 is 5.73 Å². The third kappa shape index (κ3) is 2.54. The van der Waals surface area contributed by atoms with Crippen LogP contribution in [0.1, 0.15) is 30.5 Å². The number of nitrogens with two attached hydrogens (primary N) is 1. The van der Waals surface area contributed by atoms with Crippen LogP contribution in [-0.2, 0) is 6.42 Å². The molecule has 0 saturated carbocycles. The van der Waals surface area contributed by atoms with Crippen molar-refractivity contribution >= 4 is 0 Å². The van der Waals surface area contributed by atoms with Crippen LogP contribution in [0.4, 0.5) is 0 Å². The average Bonchev–Trinajstić information content (AvgIpc) is 2.18. The molecule has 72 valence electrons. The van der Waals surface area contributed by atoms with Crippen LogP contribution in [0.15, 0.2) is 24.3 Å². The van der Waals surface area contributed by atoms with E-state index in [0.29, 0.717) is 6.42 Å². The van der Waals surface area contributed by atoms with Gasteiger partial charge in [-0.25, -0.2) is 0 Å². The van der Waals surface area contributed by atoms with Crippen molar-refractivity contribution in [3.05, 3.63) is 35.4 Å². The lowest BCUT2D eigenvalue weighted by Crippen LogP contribution is -2.13. The second kappa shape index (κ2) is 5.00. The summed E-state index contributed by atoms with van der Waals surface area (Å²) in [6, 6.07) is 8.12. The number of rotatable bonds is 4. The Bertz CT molecular complexity index is 260. The Morgan fingerprint density at radius 3 is 2.69 bits per heavy atom. The molecule has 0 bridgehead atoms. The molecule has 0 aliphatic rings. The average molecular weight is 179 g/mol. The van der Waals surface area contributed by atoms with Gasteiger partial charge >= 0.3 is 0 Å². The van der Waals surface area contributed by atoms with Crippen molar-refractivity contribution in [2.24, 2.45) is 5.73 Å². The SMILES string of the molecule is CCc1ccccc1[C@@H](N)CCO. The van der Waals surface area contributed by atoms with E-state index in [1.54, 1.807) is 0 Å². The van der Waals surface area contributed by atoms with Crippen molar-refractivity contribution in [2.45, 2.75) is 25.8 Å². The molecule has 1 aromatic rings. The molecule has 0 spiro atoms. The highest BCUT2D eigenvalue weighted by Crippen LogP contribution is 2.18. The summed E-state index contributed by atoms with van der Waals surface area (Å²) in [5.41, 5.74) is 8.37. The minimum Gasteiger partial charge on any atom is -0.396 e. The van der Waals surface area contributed by atoms with Gasteiger partial charge in [-0.05, 0) is 24.0 Å². The molecule has 0 aliphatic heterocycles. The van der Waals surface area contributed by atoms with Gasteiger partial charge in [-0.2, -0.15) is 0 Å². The number of hydrogen-bond acceptors (Lipinski definition) is 2. The van der Waals surface area contributed by atoms with Crippen LogP contribution in [0.25, 0.3) is 0 Å². The van der Waals surface area contributed by atoms with E-state index in [1.807, 2.05) is 18.2 Å². The van der Waals surface area contributed by atoms with Gasteiger partial charge in [-0.15, -0.1) is 0 Å². The third-order valence-electron chi connectivity index (χ3n) is 2.28. The molecular formula is C11H17NO. The summed E-state index contributed by atoms with van der Waals surface area (Å²) < 4.78 is 0. The zero-order valence-electron chi connectivity index (χ0n) is 8.03. The van der Waals surface area contributed by atoms with Gasteiger partial charge in [0.1, 0.15) is 0 Å². The standard InChI is InChI=1S/C11H17NO/c1-2-9-5-3-4-6-10(9)11(12)7-8-13/h3-6,11,13H,2,7-8,12H2,1H3/t11-/m0/s1. The van der Waals surface area contributed by atoms with E-state index in [2.05, 4.69) is 13.0 Å². The van der Waals surface area contributed by atoms with Gasteiger partial charge in [0.05, 0.1) is 0 Å². The molecule has 2 nitrogen and oxygen atoms in total. The van der Waals surface area contributed by atoms with Gasteiger partial charge in [0.15, 0.2) is 0 Å². The van der Waals surface area contributed by atoms with E-state index in [-0.39, 0.29) is 12.6 Å². The quantitative estimate of drug-likeness (QED) is 0.738. The van der Waals surface area contributed by atoms with Gasteiger partial charge < -0.3 is 10.8 Å². The molecular weight excluding hydrogens is 162 g/mol. The van der Waals surface area contributed by atoms with E-state index in [0.717, 1.165) is 6.42 Å². The van der Waals surface area contributed by atoms with Gasteiger partial charge in [0, 0.05) is 12.6 Å². The summed E-state index contributed by atoms with van der Waals surface area (Å²) in [5, 5.41) is 8.78. The van der Waals surface area contributed by atoms with Crippen LogP contribution in [0.3, 0.4) is 0 Å². The van der Waals surface area contributed by atoms with Crippen molar-refractivity contribution in [3.63, 3.8) is 0 Å². The summed E-state index contributed by atoms with van der Waals surface area (Å²) in [4.78, 5) is 0. The summed E-state index contributed by atoms with van der Waals surface area (Å²) >= 11 is 0. The monoisotopic (exact) mass is 179 g/mol. The molecule has 0 amide bonds. The zero-order chi connectivity index (χ0) is 9.68. The number of aryl methyl sites for hydroxylation is 1. The van der Waals surface area contributed by atoms with Gasteiger partial charge in [0.25, 0.3) is 0 Å². The number of aliphatic hydroxyl groups excluding tert-OH is 1. The first kappa shape index (κ1) is 10.2. The molecule has 3 N–H and O–H groups in total. The Morgan fingerprint density at radius 1 is 1.38 bits per heavy atom. The molecule has 0 saturated heterocycles. The van der Waals surface area contributed by atoms with Crippen molar-refractivity contribution in [1.82, 2.24) is 0 Å². The van der Waals surface area contributed by atoms with E-state index < -0.39 is 0 Å². The second-order valence-electron chi connectivity index (χ2n) is 3.17. The predicted molar refractivity (Wildman–Crippen MR) is 54.5 cm³/mol. The number of benzene rings is 1. The second-order valence-corrected chi connectivity index (χ2v) is 3.17. The number of hydrogen-bond donors (Lipinski definition) is 2. The Kier molecular flexibility index (Phi) is 3.93. The lowest BCUT2D eigenvalue weighted by molar-refractivity contribution is 0.276. The Balaban J connectivity index is 2.85. The first-order valence-electron chi connectivity index (χ1n) is 4.73. The molecule has 1 atom stereocenters. The molecule has 13 heavy (non-hydrogen) atoms. The maximum Gasteiger partial charge on any atom is 0.0449 e. The first-order chi connectivity index (χ1) is 6.29. The number of aliphatic hydroxyl groups is 1. The van der Waals surface area contributed by atoms with Gasteiger partial charge in [-0.1, -0.05) is 31.2 Å². The highest BCUT2D eigenvalue weighted by atomic mass is 16.3. The normalized spacial score (nSPS) is 12.8. The predicted octanol–water partition coefficient (Wildman–Crippen LogP) is 1.63. The van der Waals surface area contributed by atoms with Gasteiger partial charge in [-0.3, -0.25) is 0 Å². The largest absolute Gasteiger partial charge is 0.396 e. The van der Waals surface area contributed by atoms with Crippen LogP contribution in [0, 0.1) is 0 Å². The highest BCUT2D eigenvalue weighted by Gasteiger charge is 2.07. The molecule has 1 aromatic carbocycles. The molecule has 0 unspecified atom stereocenters. The van der Waals surface area contributed by atoms with Crippen molar-refractivity contribution in [1.29, 1.82) is 0 Å². The molecule has 0 aliphatic carbocycles. The molecule has 2 heteroatoms. The van der Waals surface area contributed by atoms with Crippen LogP contribution in [0.2, 0.25) is 0 Å². The summed E-state index contributed by atoms with van der Waals surface area (Å²) in [6.07, 6.45) is 1.63. The van der Waals surface area contributed by atoms with Crippen molar-refractivity contribution < 1.29 is 5.11 Å². The Hall–Kier alpha value is -0.860. The summed E-state index contributed by atoms with van der Waals surface area (Å²) in [5.74, 6) is 0. The third-order valence-corrected chi connectivity index (χ3v) is 2.28. The fraction of sp³-hybridized carbons (Fsp3) is 0.455. The maximum absolute atomic E-state index is 8.78. The highest BCUT2D eigenvalue weighted by molar-refractivity contribution is 5.29. The summed E-state index contributed by atoms with van der Waals surface area (Å²) in [6.45, 7) is 2.27. The lowest BCUT2D eigenvalue weighted by atomic mass is 9.97. The maximum atomic E-state index is 8.78. The summed E-state index contributed by atoms with van der Waals surface area (Å²) in [7, 11) is 0. The minimum absolute atomic E-state index is 0.0267. The van der Waals surface area contributed by atoms with Crippen LogP contribution >= 0.6 is 0 Å². The van der Waals surface area contributed by atoms with Crippen molar-refractivity contribution in [2.75, 3.05) is 6.61 Å². The van der Waals surface area contributed by atoms with E-state index in [9.17, 15) is 0 Å². The van der Waals surface area contributed by atoms with Crippen LogP contribution in [0.5, 0.6) is 0 Å². The van der Waals surface area contributed by atoms with Gasteiger partial charge in [0.2, 0.25) is 0 Å². The molecule has 0 fully saturated rings. The minimum atomic E-state index is -0.0267.